The number of rotatable bonds is 2. The van der Waals surface area contributed by atoms with Crippen LogP contribution in [0.15, 0.2) is 0 Å². The minimum absolute atomic E-state index is 0.572. The molecule has 0 saturated carbocycles. The van der Waals surface area contributed by atoms with E-state index in [2.05, 4.69) is 27.5 Å². The Hall–Kier alpha value is -0.680. The number of aryl methyl sites for hydroxylation is 1. The molecule has 15 heavy (non-hydrogen) atoms. The van der Waals surface area contributed by atoms with Crippen LogP contribution in [0, 0.1) is 6.92 Å². The van der Waals surface area contributed by atoms with Gasteiger partial charge in [0.05, 0.1) is 0 Å². The second kappa shape index (κ2) is 4.90. The average molecular weight is 226 g/mol. The zero-order chi connectivity index (χ0) is 10.7. The van der Waals surface area contributed by atoms with Gasteiger partial charge in [-0.1, -0.05) is 11.3 Å². The summed E-state index contributed by atoms with van der Waals surface area (Å²) in [6.45, 7) is 4.38. The molecule has 0 aromatic carbocycles. The highest BCUT2D eigenvalue weighted by atomic mass is 32.1. The number of nitrogens with one attached hydrogen (secondary N) is 1. The van der Waals surface area contributed by atoms with Gasteiger partial charge in [-0.15, -0.1) is 10.2 Å². The van der Waals surface area contributed by atoms with E-state index in [1.54, 1.807) is 11.3 Å². The Kier molecular flexibility index (Phi) is 3.53. The highest BCUT2D eigenvalue weighted by Gasteiger charge is 2.15. The minimum atomic E-state index is 0.572. The average Bonchev–Trinajstić information content (AvgIpc) is 2.48. The van der Waals surface area contributed by atoms with Crippen molar-refractivity contribution in [3.63, 3.8) is 0 Å². The molecule has 1 aromatic rings. The van der Waals surface area contributed by atoms with Crippen LogP contribution in [0.2, 0.25) is 0 Å². The molecule has 84 valence electrons. The first kappa shape index (κ1) is 10.8. The summed E-state index contributed by atoms with van der Waals surface area (Å²) < 4.78 is 0. The Morgan fingerprint density at radius 1 is 1.33 bits per heavy atom. The Balaban J connectivity index is 1.88. The smallest absolute Gasteiger partial charge is 0.205 e. The lowest BCUT2D eigenvalue weighted by Gasteiger charge is -2.15. The molecule has 0 aliphatic carbocycles. The second-order valence-electron chi connectivity index (χ2n) is 4.20. The van der Waals surface area contributed by atoms with Crippen LogP contribution in [-0.4, -0.2) is 41.3 Å². The zero-order valence-electron chi connectivity index (χ0n) is 9.36. The number of anilines is 1. The van der Waals surface area contributed by atoms with Gasteiger partial charge < -0.3 is 10.2 Å². The van der Waals surface area contributed by atoms with E-state index in [0.717, 1.165) is 10.1 Å². The Bertz CT molecular complexity index is 312. The maximum atomic E-state index is 4.10. The van der Waals surface area contributed by atoms with Gasteiger partial charge in [-0.3, -0.25) is 0 Å². The first-order valence-corrected chi connectivity index (χ1v) is 6.31. The van der Waals surface area contributed by atoms with Crippen molar-refractivity contribution in [2.45, 2.75) is 32.2 Å². The van der Waals surface area contributed by atoms with Crippen LogP contribution in [0.1, 0.15) is 24.3 Å². The largest absolute Gasteiger partial charge is 0.357 e. The molecule has 5 heteroatoms. The molecule has 1 fully saturated rings. The molecule has 0 radical (unpaired) electrons. The summed E-state index contributed by atoms with van der Waals surface area (Å²) in [5, 5.41) is 13.6. The van der Waals surface area contributed by atoms with Crippen LogP contribution >= 0.6 is 11.3 Å². The van der Waals surface area contributed by atoms with Gasteiger partial charge >= 0.3 is 0 Å². The lowest BCUT2D eigenvalue weighted by Crippen LogP contribution is -2.22. The van der Waals surface area contributed by atoms with Crippen molar-refractivity contribution in [3.05, 3.63) is 5.01 Å². The molecule has 0 amide bonds. The molecule has 1 aliphatic rings. The first-order chi connectivity index (χ1) is 7.24. The van der Waals surface area contributed by atoms with Gasteiger partial charge in [0.25, 0.3) is 0 Å². The number of aromatic nitrogens is 2. The van der Waals surface area contributed by atoms with Crippen molar-refractivity contribution in [2.75, 3.05) is 25.5 Å². The molecular weight excluding hydrogens is 208 g/mol. The van der Waals surface area contributed by atoms with Crippen molar-refractivity contribution < 1.29 is 0 Å². The van der Waals surface area contributed by atoms with Gasteiger partial charge in [-0.05, 0) is 46.3 Å². The zero-order valence-corrected chi connectivity index (χ0v) is 10.2. The van der Waals surface area contributed by atoms with Crippen molar-refractivity contribution in [1.82, 2.24) is 15.1 Å². The quantitative estimate of drug-likeness (QED) is 0.834. The molecule has 4 nitrogen and oxygen atoms in total. The number of likely N-dealkylation sites (tertiary alicyclic amines) is 1. The van der Waals surface area contributed by atoms with E-state index in [0.29, 0.717) is 6.04 Å². The molecule has 0 bridgehead atoms. The summed E-state index contributed by atoms with van der Waals surface area (Å²) in [6, 6.07) is 0.572. The molecule has 1 atom stereocenters. The molecule has 1 N–H and O–H groups in total. The van der Waals surface area contributed by atoms with Gasteiger partial charge in [0.1, 0.15) is 5.01 Å². The number of nitrogens with zero attached hydrogens (tertiary/aromatic N) is 3. The SMILES string of the molecule is Cc1nnc(NC2CCCN(C)CC2)s1. The Labute approximate surface area is 94.7 Å². The summed E-state index contributed by atoms with van der Waals surface area (Å²) >= 11 is 1.64. The third-order valence-corrected chi connectivity index (χ3v) is 3.58. The molecule has 2 heterocycles. The fourth-order valence-electron chi connectivity index (χ4n) is 1.91. The standard InChI is InChI=1S/C10H18N4S/c1-8-12-13-10(15-8)11-9-4-3-6-14(2)7-5-9/h9H,3-7H2,1-2H3,(H,11,13). The van der Waals surface area contributed by atoms with Gasteiger partial charge in [-0.2, -0.15) is 0 Å². The monoisotopic (exact) mass is 226 g/mol. The highest BCUT2D eigenvalue weighted by molar-refractivity contribution is 7.15. The molecule has 1 aromatic heterocycles. The van der Waals surface area contributed by atoms with E-state index in [1.807, 2.05) is 6.92 Å². The molecule has 1 unspecified atom stereocenters. The van der Waals surface area contributed by atoms with Crippen LogP contribution in [-0.2, 0) is 0 Å². The minimum Gasteiger partial charge on any atom is -0.357 e. The van der Waals surface area contributed by atoms with Crippen LogP contribution in [0.25, 0.3) is 0 Å². The van der Waals surface area contributed by atoms with E-state index in [4.69, 9.17) is 0 Å². The predicted octanol–water partition coefficient (Wildman–Crippen LogP) is 1.74. The Morgan fingerprint density at radius 2 is 2.20 bits per heavy atom. The fourth-order valence-corrected chi connectivity index (χ4v) is 2.58. The van der Waals surface area contributed by atoms with E-state index < -0.39 is 0 Å². The molecule has 2 rings (SSSR count). The van der Waals surface area contributed by atoms with E-state index in [9.17, 15) is 0 Å². The topological polar surface area (TPSA) is 41.1 Å². The third kappa shape index (κ3) is 3.14. The summed E-state index contributed by atoms with van der Waals surface area (Å²) in [6.07, 6.45) is 3.71. The van der Waals surface area contributed by atoms with Crippen molar-refractivity contribution in [3.8, 4) is 0 Å². The first-order valence-electron chi connectivity index (χ1n) is 5.49. The van der Waals surface area contributed by atoms with E-state index >= 15 is 0 Å². The lowest BCUT2D eigenvalue weighted by molar-refractivity contribution is 0.348. The number of hydrogen-bond acceptors (Lipinski definition) is 5. The molecule has 0 spiro atoms. The van der Waals surface area contributed by atoms with Crippen molar-refractivity contribution in [2.24, 2.45) is 0 Å². The maximum Gasteiger partial charge on any atom is 0.205 e. The van der Waals surface area contributed by atoms with Gasteiger partial charge in [0.15, 0.2) is 0 Å². The maximum absolute atomic E-state index is 4.10. The van der Waals surface area contributed by atoms with Gasteiger partial charge in [-0.25, -0.2) is 0 Å². The summed E-state index contributed by atoms with van der Waals surface area (Å²) in [7, 11) is 2.19. The van der Waals surface area contributed by atoms with Gasteiger partial charge in [0.2, 0.25) is 5.13 Å². The highest BCUT2D eigenvalue weighted by Crippen LogP contribution is 2.19. The van der Waals surface area contributed by atoms with Crippen molar-refractivity contribution in [1.29, 1.82) is 0 Å². The molecule has 1 saturated heterocycles. The van der Waals surface area contributed by atoms with E-state index in [-0.39, 0.29) is 0 Å². The summed E-state index contributed by atoms with van der Waals surface area (Å²) in [4.78, 5) is 2.40. The number of hydrogen-bond donors (Lipinski definition) is 1. The molecule has 1 aliphatic heterocycles. The van der Waals surface area contributed by atoms with Crippen LogP contribution < -0.4 is 5.32 Å². The van der Waals surface area contributed by atoms with Crippen LogP contribution in [0.3, 0.4) is 0 Å². The van der Waals surface area contributed by atoms with Crippen LogP contribution in [0.4, 0.5) is 5.13 Å². The summed E-state index contributed by atoms with van der Waals surface area (Å²) in [5.74, 6) is 0. The van der Waals surface area contributed by atoms with Crippen molar-refractivity contribution >= 4 is 16.5 Å². The third-order valence-electron chi connectivity index (χ3n) is 2.81. The van der Waals surface area contributed by atoms with E-state index in [1.165, 1.54) is 32.4 Å². The van der Waals surface area contributed by atoms with Crippen LogP contribution in [0.5, 0.6) is 0 Å². The second-order valence-corrected chi connectivity index (χ2v) is 5.38. The summed E-state index contributed by atoms with van der Waals surface area (Å²) in [5.41, 5.74) is 0. The lowest BCUT2D eigenvalue weighted by atomic mass is 10.1. The molecular formula is C10H18N4S. The predicted molar refractivity (Wildman–Crippen MR) is 63.4 cm³/mol. The van der Waals surface area contributed by atoms with Gasteiger partial charge in [0, 0.05) is 6.04 Å². The normalized spacial score (nSPS) is 23.7. The Morgan fingerprint density at radius 3 is 2.93 bits per heavy atom. The fraction of sp³-hybridized carbons (Fsp3) is 0.800.